The zero-order valence-electron chi connectivity index (χ0n) is 11.4. The summed E-state index contributed by atoms with van der Waals surface area (Å²) in [4.78, 5) is 10.3. The van der Waals surface area contributed by atoms with Crippen molar-refractivity contribution in [2.75, 3.05) is 6.61 Å². The third-order valence-electron chi connectivity index (χ3n) is 3.79. The Morgan fingerprint density at radius 1 is 1.24 bits per heavy atom. The molecule has 0 spiro atoms. The van der Waals surface area contributed by atoms with Crippen LogP contribution in [0.5, 0.6) is 0 Å². The molecule has 100 valence electrons. The van der Waals surface area contributed by atoms with Gasteiger partial charge in [0.15, 0.2) is 0 Å². The van der Waals surface area contributed by atoms with Crippen LogP contribution in [-0.4, -0.2) is 23.8 Å². The van der Waals surface area contributed by atoms with Crippen molar-refractivity contribution in [2.24, 2.45) is 11.3 Å². The van der Waals surface area contributed by atoms with Crippen molar-refractivity contribution in [3.8, 4) is 0 Å². The second-order valence-corrected chi connectivity index (χ2v) is 6.21. The van der Waals surface area contributed by atoms with E-state index in [9.17, 15) is 4.79 Å². The smallest absolute Gasteiger partial charge is 0.303 e. The van der Waals surface area contributed by atoms with Crippen molar-refractivity contribution in [1.29, 1.82) is 0 Å². The molecule has 1 rings (SSSR count). The van der Waals surface area contributed by atoms with E-state index in [1.807, 2.05) is 0 Å². The summed E-state index contributed by atoms with van der Waals surface area (Å²) in [6, 6.07) is 0. The van der Waals surface area contributed by atoms with Crippen molar-refractivity contribution in [3.63, 3.8) is 0 Å². The second kappa shape index (κ2) is 6.39. The Morgan fingerprint density at radius 3 is 2.29 bits per heavy atom. The Hall–Kier alpha value is -0.570. The molecule has 1 aliphatic carbocycles. The van der Waals surface area contributed by atoms with E-state index in [4.69, 9.17) is 9.84 Å². The minimum Gasteiger partial charge on any atom is -0.481 e. The zero-order valence-corrected chi connectivity index (χ0v) is 11.4. The van der Waals surface area contributed by atoms with E-state index < -0.39 is 5.97 Å². The van der Waals surface area contributed by atoms with E-state index in [0.717, 1.165) is 18.8 Å². The molecule has 0 aromatic rings. The standard InChI is InChI=1S/C14H26O3/c1-14(2,3)11-6-8-12(9-7-11)17-10-4-5-13(15)16/h11-12H,4-10H2,1-3H3,(H,15,16). The van der Waals surface area contributed by atoms with Gasteiger partial charge in [0, 0.05) is 13.0 Å². The molecule has 0 bridgehead atoms. The van der Waals surface area contributed by atoms with Crippen LogP contribution < -0.4 is 0 Å². The number of carboxylic acid groups (broad SMARTS) is 1. The average Bonchev–Trinajstić information content (AvgIpc) is 2.23. The Morgan fingerprint density at radius 2 is 1.82 bits per heavy atom. The minimum atomic E-state index is -0.731. The van der Waals surface area contributed by atoms with E-state index in [-0.39, 0.29) is 6.42 Å². The molecule has 0 radical (unpaired) electrons. The maximum Gasteiger partial charge on any atom is 0.303 e. The highest BCUT2D eigenvalue weighted by atomic mass is 16.5. The largest absolute Gasteiger partial charge is 0.481 e. The highest BCUT2D eigenvalue weighted by Gasteiger charge is 2.29. The first-order valence-corrected chi connectivity index (χ1v) is 6.73. The molecular formula is C14H26O3. The summed E-state index contributed by atoms with van der Waals surface area (Å²) >= 11 is 0. The van der Waals surface area contributed by atoms with Gasteiger partial charge in [-0.15, -0.1) is 0 Å². The van der Waals surface area contributed by atoms with Gasteiger partial charge < -0.3 is 9.84 Å². The van der Waals surface area contributed by atoms with Gasteiger partial charge in [0.05, 0.1) is 6.10 Å². The SMILES string of the molecule is CC(C)(C)C1CCC(OCCCC(=O)O)CC1. The van der Waals surface area contributed by atoms with Crippen LogP contribution in [0, 0.1) is 11.3 Å². The second-order valence-electron chi connectivity index (χ2n) is 6.21. The molecule has 0 atom stereocenters. The van der Waals surface area contributed by atoms with E-state index in [1.165, 1.54) is 12.8 Å². The Kier molecular flexibility index (Phi) is 5.44. The number of hydrogen-bond acceptors (Lipinski definition) is 2. The molecule has 0 saturated heterocycles. The third-order valence-corrected chi connectivity index (χ3v) is 3.79. The predicted molar refractivity (Wildman–Crippen MR) is 68.0 cm³/mol. The molecule has 1 N–H and O–H groups in total. The molecular weight excluding hydrogens is 216 g/mol. The molecule has 1 fully saturated rings. The zero-order chi connectivity index (χ0) is 12.9. The molecule has 0 unspecified atom stereocenters. The van der Waals surface area contributed by atoms with Crippen molar-refractivity contribution in [3.05, 3.63) is 0 Å². The van der Waals surface area contributed by atoms with Gasteiger partial charge in [0.2, 0.25) is 0 Å². The van der Waals surface area contributed by atoms with Crippen LogP contribution >= 0.6 is 0 Å². The van der Waals surface area contributed by atoms with Gasteiger partial charge in [-0.1, -0.05) is 20.8 Å². The lowest BCUT2D eigenvalue weighted by molar-refractivity contribution is -0.137. The molecule has 1 aliphatic rings. The third kappa shape index (κ3) is 5.53. The topological polar surface area (TPSA) is 46.5 Å². The number of carboxylic acids is 1. The van der Waals surface area contributed by atoms with E-state index in [1.54, 1.807) is 0 Å². The lowest BCUT2D eigenvalue weighted by atomic mass is 9.72. The fourth-order valence-corrected chi connectivity index (χ4v) is 2.57. The Bertz CT molecular complexity index is 234. The number of ether oxygens (including phenoxy) is 1. The van der Waals surface area contributed by atoms with Gasteiger partial charge in [0.1, 0.15) is 0 Å². The monoisotopic (exact) mass is 242 g/mol. The summed E-state index contributed by atoms with van der Waals surface area (Å²) in [5, 5.41) is 8.52. The van der Waals surface area contributed by atoms with Gasteiger partial charge in [-0.3, -0.25) is 4.79 Å². The van der Waals surface area contributed by atoms with Crippen molar-refractivity contribution in [2.45, 2.75) is 65.4 Å². The van der Waals surface area contributed by atoms with Gasteiger partial charge >= 0.3 is 5.97 Å². The first-order valence-electron chi connectivity index (χ1n) is 6.73. The van der Waals surface area contributed by atoms with Crippen LogP contribution in [0.1, 0.15) is 59.3 Å². The van der Waals surface area contributed by atoms with Gasteiger partial charge in [0.25, 0.3) is 0 Å². The molecule has 1 saturated carbocycles. The van der Waals surface area contributed by atoms with E-state index in [0.29, 0.717) is 24.5 Å². The average molecular weight is 242 g/mol. The molecule has 0 aromatic heterocycles. The number of aliphatic carboxylic acids is 1. The molecule has 3 nitrogen and oxygen atoms in total. The molecule has 0 aliphatic heterocycles. The highest BCUT2D eigenvalue weighted by molar-refractivity contribution is 5.66. The number of hydrogen-bond donors (Lipinski definition) is 1. The molecule has 0 heterocycles. The van der Waals surface area contributed by atoms with Crippen LogP contribution in [0.3, 0.4) is 0 Å². The van der Waals surface area contributed by atoms with Crippen LogP contribution in [0.15, 0.2) is 0 Å². The minimum absolute atomic E-state index is 0.220. The van der Waals surface area contributed by atoms with Crippen molar-refractivity contribution >= 4 is 5.97 Å². The summed E-state index contributed by atoms with van der Waals surface area (Å²) in [5.41, 5.74) is 0.411. The Labute approximate surface area is 105 Å². The van der Waals surface area contributed by atoms with Crippen LogP contribution in [0.4, 0.5) is 0 Å². The summed E-state index contributed by atoms with van der Waals surface area (Å²) < 4.78 is 5.73. The Balaban J connectivity index is 2.13. The van der Waals surface area contributed by atoms with E-state index in [2.05, 4.69) is 20.8 Å². The number of carbonyl (C=O) groups is 1. The van der Waals surface area contributed by atoms with Crippen molar-refractivity contribution < 1.29 is 14.6 Å². The van der Waals surface area contributed by atoms with Gasteiger partial charge in [-0.05, 0) is 43.4 Å². The highest BCUT2D eigenvalue weighted by Crippen LogP contribution is 2.38. The quantitative estimate of drug-likeness (QED) is 0.751. The molecule has 0 aromatic carbocycles. The maximum atomic E-state index is 10.3. The van der Waals surface area contributed by atoms with Gasteiger partial charge in [-0.25, -0.2) is 0 Å². The predicted octanol–water partition coefficient (Wildman–Crippen LogP) is 3.47. The van der Waals surface area contributed by atoms with Crippen molar-refractivity contribution in [1.82, 2.24) is 0 Å². The van der Waals surface area contributed by atoms with Crippen LogP contribution in [0.2, 0.25) is 0 Å². The van der Waals surface area contributed by atoms with Gasteiger partial charge in [-0.2, -0.15) is 0 Å². The fourth-order valence-electron chi connectivity index (χ4n) is 2.57. The normalized spacial score (nSPS) is 25.8. The lowest BCUT2D eigenvalue weighted by Crippen LogP contribution is -2.29. The summed E-state index contributed by atoms with van der Waals surface area (Å²) in [5.74, 6) is 0.0754. The number of rotatable bonds is 5. The summed E-state index contributed by atoms with van der Waals surface area (Å²) in [6.07, 6.45) is 5.97. The lowest BCUT2D eigenvalue weighted by Gasteiger charge is -2.36. The van der Waals surface area contributed by atoms with Crippen LogP contribution in [-0.2, 0) is 9.53 Å². The summed E-state index contributed by atoms with van der Waals surface area (Å²) in [6.45, 7) is 7.53. The molecule has 17 heavy (non-hydrogen) atoms. The van der Waals surface area contributed by atoms with Crippen LogP contribution in [0.25, 0.3) is 0 Å². The first-order chi connectivity index (χ1) is 7.89. The molecule has 0 amide bonds. The fraction of sp³-hybridized carbons (Fsp3) is 0.929. The summed E-state index contributed by atoms with van der Waals surface area (Å²) in [7, 11) is 0. The first kappa shape index (κ1) is 14.5. The molecule has 3 heteroatoms. The van der Waals surface area contributed by atoms with E-state index >= 15 is 0 Å². The maximum absolute atomic E-state index is 10.3.